The van der Waals surface area contributed by atoms with Crippen LogP contribution >= 0.6 is 11.8 Å². The second kappa shape index (κ2) is 5.52. The molecule has 3 heteroatoms. The topological polar surface area (TPSA) is 26.0 Å². The van der Waals surface area contributed by atoms with Crippen LogP contribution in [0.3, 0.4) is 0 Å². The monoisotopic (exact) mass is 227 g/mol. The smallest absolute Gasteiger partial charge is 0.129 e. The molecular weight excluding hydrogens is 209 g/mol. The Morgan fingerprint density at radius 2 is 2.00 bits per heavy atom. The molecule has 1 rings (SSSR count). The summed E-state index contributed by atoms with van der Waals surface area (Å²) in [5.41, 5.74) is 6.41. The highest BCUT2D eigenvalue weighted by atomic mass is 32.2. The lowest BCUT2D eigenvalue weighted by molar-refractivity contribution is 0.585. The van der Waals surface area contributed by atoms with Crippen LogP contribution in [0.25, 0.3) is 0 Å². The summed E-state index contributed by atoms with van der Waals surface area (Å²) in [5.74, 6) is 1.39. The number of thioether (sulfide) groups is 1. The van der Waals surface area contributed by atoms with Gasteiger partial charge >= 0.3 is 0 Å². The van der Waals surface area contributed by atoms with Crippen LogP contribution in [0.5, 0.6) is 0 Å². The molecule has 0 aliphatic carbocycles. The van der Waals surface area contributed by atoms with Crippen molar-refractivity contribution in [3.63, 3.8) is 0 Å². The van der Waals surface area contributed by atoms with Crippen LogP contribution in [0.4, 0.5) is 4.39 Å². The van der Waals surface area contributed by atoms with Crippen molar-refractivity contribution in [1.29, 1.82) is 0 Å². The van der Waals surface area contributed by atoms with Gasteiger partial charge in [-0.2, -0.15) is 0 Å². The highest BCUT2D eigenvalue weighted by Crippen LogP contribution is 2.29. The summed E-state index contributed by atoms with van der Waals surface area (Å²) in [6, 6.07) is 4.90. The quantitative estimate of drug-likeness (QED) is 0.795. The van der Waals surface area contributed by atoms with Gasteiger partial charge in [-0.3, -0.25) is 0 Å². The van der Waals surface area contributed by atoms with E-state index >= 15 is 0 Å². The number of hydrogen-bond acceptors (Lipinski definition) is 2. The fourth-order valence-corrected chi connectivity index (χ4v) is 2.47. The first kappa shape index (κ1) is 12.5. The van der Waals surface area contributed by atoms with Gasteiger partial charge in [-0.15, -0.1) is 11.8 Å². The summed E-state index contributed by atoms with van der Waals surface area (Å²) >= 11 is 1.68. The molecule has 1 atom stereocenters. The lowest BCUT2D eigenvalue weighted by Gasteiger charge is -2.14. The van der Waals surface area contributed by atoms with Gasteiger partial charge in [0.1, 0.15) is 5.82 Å². The van der Waals surface area contributed by atoms with Crippen molar-refractivity contribution >= 4 is 11.8 Å². The largest absolute Gasteiger partial charge is 0.324 e. The molecule has 0 amide bonds. The van der Waals surface area contributed by atoms with Crippen LogP contribution in [-0.4, -0.2) is 5.75 Å². The standard InChI is InChI=1S/C12H18FNS/c1-8(2)7-15-11-6-4-5-10(13)12(11)9(3)14/h4-6,8-9H,7,14H2,1-3H3. The van der Waals surface area contributed by atoms with Gasteiger partial charge in [0.15, 0.2) is 0 Å². The lowest BCUT2D eigenvalue weighted by Crippen LogP contribution is -2.09. The minimum Gasteiger partial charge on any atom is -0.324 e. The zero-order chi connectivity index (χ0) is 11.4. The van der Waals surface area contributed by atoms with E-state index in [4.69, 9.17) is 5.73 Å². The molecule has 0 aromatic heterocycles. The van der Waals surface area contributed by atoms with Crippen molar-refractivity contribution in [2.75, 3.05) is 5.75 Å². The number of rotatable bonds is 4. The van der Waals surface area contributed by atoms with Gasteiger partial charge < -0.3 is 5.73 Å². The van der Waals surface area contributed by atoms with Crippen molar-refractivity contribution in [2.45, 2.75) is 31.7 Å². The number of benzene rings is 1. The van der Waals surface area contributed by atoms with Crippen LogP contribution in [0.1, 0.15) is 32.4 Å². The minimum atomic E-state index is -0.249. The van der Waals surface area contributed by atoms with E-state index < -0.39 is 0 Å². The van der Waals surface area contributed by atoms with Crippen molar-refractivity contribution in [2.24, 2.45) is 11.7 Å². The zero-order valence-electron chi connectivity index (χ0n) is 9.46. The molecule has 84 valence electrons. The van der Waals surface area contributed by atoms with Gasteiger partial charge in [0.2, 0.25) is 0 Å². The zero-order valence-corrected chi connectivity index (χ0v) is 10.3. The van der Waals surface area contributed by atoms with Gasteiger partial charge in [0.05, 0.1) is 0 Å². The maximum atomic E-state index is 13.5. The first-order valence-corrected chi connectivity index (χ1v) is 6.17. The third kappa shape index (κ3) is 3.50. The molecular formula is C12H18FNS. The van der Waals surface area contributed by atoms with E-state index in [1.54, 1.807) is 17.8 Å². The van der Waals surface area contributed by atoms with Gasteiger partial charge in [0, 0.05) is 22.3 Å². The second-order valence-corrected chi connectivity index (χ2v) is 5.21. The van der Waals surface area contributed by atoms with Crippen LogP contribution in [0.2, 0.25) is 0 Å². The van der Waals surface area contributed by atoms with Crippen LogP contribution in [-0.2, 0) is 0 Å². The van der Waals surface area contributed by atoms with Gasteiger partial charge in [-0.25, -0.2) is 4.39 Å². The Morgan fingerprint density at radius 3 is 2.53 bits per heavy atom. The van der Waals surface area contributed by atoms with E-state index in [2.05, 4.69) is 13.8 Å². The fourth-order valence-electron chi connectivity index (χ4n) is 1.34. The fraction of sp³-hybridized carbons (Fsp3) is 0.500. The minimum absolute atomic E-state index is 0.196. The highest BCUT2D eigenvalue weighted by molar-refractivity contribution is 7.99. The van der Waals surface area contributed by atoms with Gasteiger partial charge in [-0.05, 0) is 25.0 Å². The van der Waals surface area contributed by atoms with Crippen molar-refractivity contribution in [1.82, 2.24) is 0 Å². The van der Waals surface area contributed by atoms with Gasteiger partial charge in [0.25, 0.3) is 0 Å². The highest BCUT2D eigenvalue weighted by Gasteiger charge is 2.12. The van der Waals surface area contributed by atoms with Crippen molar-refractivity contribution < 1.29 is 4.39 Å². The first-order valence-electron chi connectivity index (χ1n) is 5.19. The summed E-state index contributed by atoms with van der Waals surface area (Å²) in [4.78, 5) is 0.971. The number of hydrogen-bond donors (Lipinski definition) is 1. The van der Waals surface area contributed by atoms with E-state index in [1.165, 1.54) is 6.07 Å². The van der Waals surface area contributed by atoms with E-state index in [-0.39, 0.29) is 11.9 Å². The predicted molar refractivity (Wildman–Crippen MR) is 64.6 cm³/mol. The molecule has 0 heterocycles. The molecule has 0 aliphatic heterocycles. The molecule has 15 heavy (non-hydrogen) atoms. The average Bonchev–Trinajstić information content (AvgIpc) is 2.13. The van der Waals surface area contributed by atoms with E-state index in [0.29, 0.717) is 11.5 Å². The Kier molecular flexibility index (Phi) is 4.61. The Labute approximate surface area is 95.2 Å². The van der Waals surface area contributed by atoms with E-state index in [9.17, 15) is 4.39 Å². The second-order valence-electron chi connectivity index (χ2n) is 4.15. The Hall–Kier alpha value is -0.540. The van der Waals surface area contributed by atoms with Crippen LogP contribution in [0, 0.1) is 11.7 Å². The molecule has 1 unspecified atom stereocenters. The Morgan fingerprint density at radius 1 is 1.33 bits per heavy atom. The number of nitrogens with two attached hydrogens (primary N) is 1. The molecule has 0 fully saturated rings. The van der Waals surface area contributed by atoms with E-state index in [1.807, 2.05) is 13.0 Å². The Balaban J connectivity index is 2.91. The first-order chi connectivity index (χ1) is 7.02. The third-order valence-corrected chi connectivity index (χ3v) is 3.54. The summed E-state index contributed by atoms with van der Waals surface area (Å²) in [7, 11) is 0. The molecule has 1 nitrogen and oxygen atoms in total. The molecule has 0 bridgehead atoms. The van der Waals surface area contributed by atoms with E-state index in [0.717, 1.165) is 10.6 Å². The Bertz CT molecular complexity index is 323. The SMILES string of the molecule is CC(C)CSc1cccc(F)c1C(C)N. The van der Waals surface area contributed by atoms with Crippen molar-refractivity contribution in [3.8, 4) is 0 Å². The third-order valence-electron chi connectivity index (χ3n) is 2.04. The van der Waals surface area contributed by atoms with Crippen molar-refractivity contribution in [3.05, 3.63) is 29.6 Å². The molecule has 0 saturated carbocycles. The normalized spacial score (nSPS) is 13.2. The molecule has 1 aromatic rings. The molecule has 0 aliphatic rings. The maximum Gasteiger partial charge on any atom is 0.129 e. The summed E-state index contributed by atoms with van der Waals surface area (Å²) in [6.07, 6.45) is 0. The average molecular weight is 227 g/mol. The number of halogens is 1. The lowest BCUT2D eigenvalue weighted by atomic mass is 10.1. The molecule has 2 N–H and O–H groups in total. The van der Waals surface area contributed by atoms with Crippen LogP contribution in [0.15, 0.2) is 23.1 Å². The summed E-state index contributed by atoms with van der Waals surface area (Å²) < 4.78 is 13.5. The molecule has 0 saturated heterocycles. The molecule has 0 spiro atoms. The molecule has 1 aromatic carbocycles. The summed E-state index contributed by atoms with van der Waals surface area (Å²) in [5, 5.41) is 0. The van der Waals surface area contributed by atoms with Gasteiger partial charge in [-0.1, -0.05) is 19.9 Å². The van der Waals surface area contributed by atoms with Crippen LogP contribution < -0.4 is 5.73 Å². The maximum absolute atomic E-state index is 13.5. The predicted octanol–water partition coefficient (Wildman–Crippen LogP) is 3.59. The molecule has 0 radical (unpaired) electrons. The summed E-state index contributed by atoms with van der Waals surface area (Å²) in [6.45, 7) is 6.12.